The molecule has 0 radical (unpaired) electrons. The molecule has 0 bridgehead atoms. The SMILES string of the molecule is CC(C)(C)OC(=O)N[C@@H](CCCO)c1ccccc1. The normalized spacial score (nSPS) is 12.8. The van der Waals surface area contributed by atoms with Crippen LogP contribution in [0, 0.1) is 0 Å². The minimum absolute atomic E-state index is 0.110. The van der Waals surface area contributed by atoms with Gasteiger partial charge in [0.2, 0.25) is 0 Å². The van der Waals surface area contributed by atoms with Gasteiger partial charge < -0.3 is 15.2 Å². The van der Waals surface area contributed by atoms with Gasteiger partial charge in [0.1, 0.15) is 5.60 Å². The number of aliphatic hydroxyl groups excluding tert-OH is 1. The van der Waals surface area contributed by atoms with E-state index in [0.29, 0.717) is 12.8 Å². The number of carbonyl (C=O) groups excluding carboxylic acids is 1. The molecule has 2 N–H and O–H groups in total. The van der Waals surface area contributed by atoms with E-state index in [1.165, 1.54) is 0 Å². The number of hydrogen-bond acceptors (Lipinski definition) is 3. The molecular weight excluding hydrogens is 242 g/mol. The van der Waals surface area contributed by atoms with Crippen molar-refractivity contribution in [1.29, 1.82) is 0 Å². The Morgan fingerprint density at radius 2 is 1.95 bits per heavy atom. The quantitative estimate of drug-likeness (QED) is 0.860. The van der Waals surface area contributed by atoms with Crippen LogP contribution < -0.4 is 5.32 Å². The first kappa shape index (κ1) is 15.5. The Hall–Kier alpha value is -1.55. The third-order valence-corrected chi connectivity index (χ3v) is 2.54. The third kappa shape index (κ3) is 6.25. The van der Waals surface area contributed by atoms with Gasteiger partial charge in [0.15, 0.2) is 0 Å². The van der Waals surface area contributed by atoms with E-state index in [1.807, 2.05) is 51.1 Å². The molecule has 0 spiro atoms. The van der Waals surface area contributed by atoms with Crippen LogP contribution in [-0.2, 0) is 4.74 Å². The van der Waals surface area contributed by atoms with Crippen molar-refractivity contribution in [2.75, 3.05) is 6.61 Å². The van der Waals surface area contributed by atoms with Crippen molar-refractivity contribution >= 4 is 6.09 Å². The van der Waals surface area contributed by atoms with Crippen LogP contribution in [0.2, 0.25) is 0 Å². The summed E-state index contributed by atoms with van der Waals surface area (Å²) in [5, 5.41) is 11.8. The molecule has 4 heteroatoms. The molecule has 19 heavy (non-hydrogen) atoms. The van der Waals surface area contributed by atoms with Crippen LogP contribution in [-0.4, -0.2) is 23.4 Å². The first-order chi connectivity index (χ1) is 8.92. The maximum atomic E-state index is 11.8. The van der Waals surface area contributed by atoms with Crippen molar-refractivity contribution < 1.29 is 14.6 Å². The van der Waals surface area contributed by atoms with Crippen molar-refractivity contribution in [1.82, 2.24) is 5.32 Å². The predicted octanol–water partition coefficient (Wildman–Crippen LogP) is 3.02. The van der Waals surface area contributed by atoms with Crippen molar-refractivity contribution in [2.24, 2.45) is 0 Å². The summed E-state index contributed by atoms with van der Waals surface area (Å²) in [5.74, 6) is 0. The van der Waals surface area contributed by atoms with Gasteiger partial charge in [-0.15, -0.1) is 0 Å². The zero-order valence-electron chi connectivity index (χ0n) is 11.8. The highest BCUT2D eigenvalue weighted by Crippen LogP contribution is 2.19. The topological polar surface area (TPSA) is 58.6 Å². The number of aliphatic hydroxyl groups is 1. The number of amides is 1. The average molecular weight is 265 g/mol. The standard InChI is InChI=1S/C15H23NO3/c1-15(2,3)19-14(18)16-13(10-7-11-17)12-8-5-4-6-9-12/h4-6,8-9,13,17H,7,10-11H2,1-3H3,(H,16,18)/t13-/m0/s1. The highest BCUT2D eigenvalue weighted by atomic mass is 16.6. The van der Waals surface area contributed by atoms with Gasteiger partial charge in [0.25, 0.3) is 0 Å². The highest BCUT2D eigenvalue weighted by Gasteiger charge is 2.20. The fourth-order valence-corrected chi connectivity index (χ4v) is 1.75. The van der Waals surface area contributed by atoms with Crippen LogP contribution in [0.25, 0.3) is 0 Å². The monoisotopic (exact) mass is 265 g/mol. The summed E-state index contributed by atoms with van der Waals surface area (Å²) >= 11 is 0. The Balaban J connectivity index is 2.67. The second kappa shape index (κ2) is 7.14. The maximum absolute atomic E-state index is 11.8. The summed E-state index contributed by atoms with van der Waals surface area (Å²) in [6.45, 7) is 5.60. The summed E-state index contributed by atoms with van der Waals surface area (Å²) < 4.78 is 5.26. The van der Waals surface area contributed by atoms with Gasteiger partial charge in [0.05, 0.1) is 6.04 Å². The molecule has 1 aromatic carbocycles. The van der Waals surface area contributed by atoms with Gasteiger partial charge in [-0.2, -0.15) is 0 Å². The summed E-state index contributed by atoms with van der Waals surface area (Å²) in [4.78, 5) is 11.8. The molecule has 1 amide bonds. The minimum atomic E-state index is -0.512. The fourth-order valence-electron chi connectivity index (χ4n) is 1.75. The molecule has 0 aliphatic heterocycles. The van der Waals surface area contributed by atoms with Crippen molar-refractivity contribution in [3.8, 4) is 0 Å². The molecule has 4 nitrogen and oxygen atoms in total. The number of ether oxygens (including phenoxy) is 1. The molecule has 1 rings (SSSR count). The Morgan fingerprint density at radius 1 is 1.32 bits per heavy atom. The van der Waals surface area contributed by atoms with Gasteiger partial charge in [0, 0.05) is 6.61 Å². The zero-order chi connectivity index (χ0) is 14.3. The van der Waals surface area contributed by atoms with Crippen molar-refractivity contribution in [2.45, 2.75) is 45.3 Å². The number of alkyl carbamates (subject to hydrolysis) is 1. The number of hydrogen-bond donors (Lipinski definition) is 2. The van der Waals surface area contributed by atoms with Gasteiger partial charge in [-0.25, -0.2) is 4.79 Å². The molecule has 1 aromatic rings. The first-order valence-electron chi connectivity index (χ1n) is 6.57. The summed E-state index contributed by atoms with van der Waals surface area (Å²) in [5.41, 5.74) is 0.504. The molecular formula is C15H23NO3. The summed E-state index contributed by atoms with van der Waals surface area (Å²) in [6.07, 6.45) is 0.883. The number of carbonyl (C=O) groups is 1. The van der Waals surface area contributed by atoms with E-state index in [4.69, 9.17) is 9.84 Å². The Bertz CT molecular complexity index is 384. The second-order valence-electron chi connectivity index (χ2n) is 5.48. The van der Waals surface area contributed by atoms with Crippen molar-refractivity contribution in [3.05, 3.63) is 35.9 Å². The third-order valence-electron chi connectivity index (χ3n) is 2.54. The predicted molar refractivity (Wildman–Crippen MR) is 74.9 cm³/mol. The first-order valence-corrected chi connectivity index (χ1v) is 6.57. The Morgan fingerprint density at radius 3 is 2.47 bits per heavy atom. The summed E-state index contributed by atoms with van der Waals surface area (Å²) in [7, 11) is 0. The highest BCUT2D eigenvalue weighted by molar-refractivity contribution is 5.68. The lowest BCUT2D eigenvalue weighted by molar-refractivity contribution is 0.0498. The molecule has 0 saturated heterocycles. The van der Waals surface area contributed by atoms with Crippen LogP contribution in [0.15, 0.2) is 30.3 Å². The van der Waals surface area contributed by atoms with Gasteiger partial charge in [-0.05, 0) is 39.2 Å². The fraction of sp³-hybridized carbons (Fsp3) is 0.533. The molecule has 0 unspecified atom stereocenters. The smallest absolute Gasteiger partial charge is 0.408 e. The molecule has 106 valence electrons. The van der Waals surface area contributed by atoms with Gasteiger partial charge >= 0.3 is 6.09 Å². The molecule has 0 heterocycles. The summed E-state index contributed by atoms with van der Waals surface area (Å²) in [6, 6.07) is 9.57. The van der Waals surface area contributed by atoms with Gasteiger partial charge in [-0.3, -0.25) is 0 Å². The van der Waals surface area contributed by atoms with Crippen LogP contribution in [0.5, 0.6) is 0 Å². The van der Waals surface area contributed by atoms with E-state index >= 15 is 0 Å². The van der Waals surface area contributed by atoms with Crippen LogP contribution >= 0.6 is 0 Å². The molecule has 0 aliphatic rings. The lowest BCUT2D eigenvalue weighted by Gasteiger charge is -2.24. The molecule has 0 fully saturated rings. The lowest BCUT2D eigenvalue weighted by Crippen LogP contribution is -2.35. The van der Waals surface area contributed by atoms with E-state index in [-0.39, 0.29) is 12.6 Å². The molecule has 0 saturated carbocycles. The second-order valence-corrected chi connectivity index (χ2v) is 5.48. The van der Waals surface area contributed by atoms with Crippen LogP contribution in [0.3, 0.4) is 0 Å². The van der Waals surface area contributed by atoms with E-state index in [9.17, 15) is 4.79 Å². The van der Waals surface area contributed by atoms with Crippen LogP contribution in [0.1, 0.15) is 45.2 Å². The molecule has 0 aromatic heterocycles. The van der Waals surface area contributed by atoms with Gasteiger partial charge in [-0.1, -0.05) is 30.3 Å². The Labute approximate surface area is 114 Å². The minimum Gasteiger partial charge on any atom is -0.444 e. The van der Waals surface area contributed by atoms with E-state index in [2.05, 4.69) is 5.32 Å². The molecule has 0 aliphatic carbocycles. The van der Waals surface area contributed by atoms with E-state index in [1.54, 1.807) is 0 Å². The van der Waals surface area contributed by atoms with Crippen molar-refractivity contribution in [3.63, 3.8) is 0 Å². The maximum Gasteiger partial charge on any atom is 0.408 e. The molecule has 1 atom stereocenters. The zero-order valence-corrected chi connectivity index (χ0v) is 11.8. The Kier molecular flexibility index (Phi) is 5.83. The van der Waals surface area contributed by atoms with E-state index < -0.39 is 11.7 Å². The number of rotatable bonds is 5. The number of benzene rings is 1. The van der Waals surface area contributed by atoms with Crippen LogP contribution in [0.4, 0.5) is 4.79 Å². The van der Waals surface area contributed by atoms with E-state index in [0.717, 1.165) is 5.56 Å². The largest absolute Gasteiger partial charge is 0.444 e. The average Bonchev–Trinajstić information content (AvgIpc) is 2.33. The lowest BCUT2D eigenvalue weighted by atomic mass is 10.0. The number of nitrogens with one attached hydrogen (secondary N) is 1.